The summed E-state index contributed by atoms with van der Waals surface area (Å²) < 4.78 is 68.1. The molecule has 2 aromatic rings. The highest BCUT2D eigenvalue weighted by molar-refractivity contribution is 6.34. The van der Waals surface area contributed by atoms with Gasteiger partial charge < -0.3 is 10.4 Å². The molecule has 1 amide bonds. The first-order valence-electron chi connectivity index (χ1n) is 9.41. The summed E-state index contributed by atoms with van der Waals surface area (Å²) >= 11 is 11.9. The fraction of sp³-hybridized carbons (Fsp3) is 0.381. The number of nitrogens with one attached hydrogen (secondary N) is 1. The van der Waals surface area contributed by atoms with Gasteiger partial charge in [-0.1, -0.05) is 41.4 Å². The summed E-state index contributed by atoms with van der Waals surface area (Å²) in [4.78, 5) is 12.9. The summed E-state index contributed by atoms with van der Waals surface area (Å²) in [5.41, 5.74) is -3.89. The van der Waals surface area contributed by atoms with Crippen LogP contribution >= 0.6 is 23.2 Å². The van der Waals surface area contributed by atoms with Gasteiger partial charge >= 0.3 is 6.18 Å². The third kappa shape index (κ3) is 4.96. The Bertz CT molecular complexity index is 975. The largest absolute Gasteiger partial charge is 0.417 e. The molecule has 0 aliphatic heterocycles. The Morgan fingerprint density at radius 3 is 2.35 bits per heavy atom. The summed E-state index contributed by atoms with van der Waals surface area (Å²) in [6.45, 7) is 0. The molecular formula is C21H18Cl2F5NO2. The van der Waals surface area contributed by atoms with E-state index in [0.29, 0.717) is 6.07 Å². The minimum Gasteiger partial charge on any atom is -0.387 e. The summed E-state index contributed by atoms with van der Waals surface area (Å²) in [6, 6.07) is 5.17. The zero-order valence-corrected chi connectivity index (χ0v) is 17.5. The Kier molecular flexibility index (Phi) is 6.84. The number of alkyl halides is 4. The Morgan fingerprint density at radius 1 is 1.13 bits per heavy atom. The van der Waals surface area contributed by atoms with Crippen molar-refractivity contribution in [3.05, 3.63) is 69.0 Å². The van der Waals surface area contributed by atoms with Crippen molar-refractivity contribution in [1.82, 2.24) is 5.32 Å². The maximum absolute atomic E-state index is 14.1. The molecule has 1 aliphatic carbocycles. The number of aliphatic hydroxyl groups is 1. The lowest BCUT2D eigenvalue weighted by Gasteiger charge is -2.41. The van der Waals surface area contributed by atoms with Gasteiger partial charge in [0.15, 0.2) is 0 Å². The second kappa shape index (κ2) is 8.92. The van der Waals surface area contributed by atoms with E-state index in [0.717, 1.165) is 18.2 Å². The van der Waals surface area contributed by atoms with Crippen molar-refractivity contribution < 1.29 is 31.9 Å². The van der Waals surface area contributed by atoms with Crippen molar-refractivity contribution >= 4 is 29.1 Å². The molecule has 0 radical (unpaired) electrons. The second-order valence-electron chi connectivity index (χ2n) is 7.49. The molecule has 168 valence electrons. The molecule has 0 spiro atoms. The molecule has 2 aromatic carbocycles. The summed E-state index contributed by atoms with van der Waals surface area (Å²) in [6.07, 6.45) is -6.32. The highest BCUT2D eigenvalue weighted by Crippen LogP contribution is 2.43. The van der Waals surface area contributed by atoms with E-state index < -0.39 is 56.9 Å². The smallest absolute Gasteiger partial charge is 0.387 e. The molecule has 0 bridgehead atoms. The number of benzene rings is 2. The highest BCUT2D eigenvalue weighted by Gasteiger charge is 2.44. The predicted molar refractivity (Wildman–Crippen MR) is 106 cm³/mol. The minimum atomic E-state index is -4.87. The van der Waals surface area contributed by atoms with Gasteiger partial charge in [0.2, 0.25) is 0 Å². The molecule has 1 fully saturated rings. The molecular weight excluding hydrogens is 464 g/mol. The van der Waals surface area contributed by atoms with Gasteiger partial charge in [0.05, 0.1) is 32.8 Å². The molecule has 0 heterocycles. The highest BCUT2D eigenvalue weighted by atomic mass is 35.5. The number of halogens is 7. The molecule has 0 saturated heterocycles. The number of amides is 1. The Morgan fingerprint density at radius 2 is 1.74 bits per heavy atom. The van der Waals surface area contributed by atoms with Crippen LogP contribution in [0.5, 0.6) is 0 Å². The van der Waals surface area contributed by atoms with E-state index in [4.69, 9.17) is 23.2 Å². The lowest BCUT2D eigenvalue weighted by Crippen LogP contribution is -2.49. The van der Waals surface area contributed by atoms with Gasteiger partial charge in [-0.15, -0.1) is 0 Å². The van der Waals surface area contributed by atoms with Crippen molar-refractivity contribution in [2.75, 3.05) is 0 Å². The molecule has 1 unspecified atom stereocenters. The SMILES string of the molecule is O=C(NC(c1cccc(F)c1Cl)C1(O)CCC(F)CC1)c1c(Cl)cccc1C(F)(F)F. The van der Waals surface area contributed by atoms with Gasteiger partial charge in [-0.05, 0) is 49.4 Å². The normalized spacial score (nSPS) is 22.8. The third-order valence-electron chi connectivity index (χ3n) is 5.43. The van der Waals surface area contributed by atoms with E-state index in [1.807, 2.05) is 0 Å². The van der Waals surface area contributed by atoms with Crippen molar-refractivity contribution in [2.24, 2.45) is 0 Å². The monoisotopic (exact) mass is 481 g/mol. The van der Waals surface area contributed by atoms with Gasteiger partial charge in [0, 0.05) is 0 Å². The Labute approximate surface area is 185 Å². The standard InChI is InChI=1S/C21H18Cl2F5NO2/c22-14-5-2-4-13(21(26,27)28)16(14)19(30)29-18(12-3-1-6-15(25)17(12)23)20(31)9-7-11(24)8-10-20/h1-6,11,18,31H,7-10H2,(H,29,30). The van der Waals surface area contributed by atoms with Crippen molar-refractivity contribution in [1.29, 1.82) is 0 Å². The van der Waals surface area contributed by atoms with Crippen LogP contribution < -0.4 is 5.32 Å². The number of carbonyl (C=O) groups excluding carboxylic acids is 1. The zero-order valence-electron chi connectivity index (χ0n) is 15.9. The molecule has 10 heteroatoms. The van der Waals surface area contributed by atoms with Gasteiger partial charge in [0.25, 0.3) is 5.91 Å². The molecule has 31 heavy (non-hydrogen) atoms. The lowest BCUT2D eigenvalue weighted by molar-refractivity contribution is -0.137. The maximum atomic E-state index is 14.1. The van der Waals surface area contributed by atoms with Crippen LogP contribution in [0.4, 0.5) is 22.0 Å². The van der Waals surface area contributed by atoms with Gasteiger partial charge in [-0.25, -0.2) is 8.78 Å². The van der Waals surface area contributed by atoms with Gasteiger partial charge in [-0.2, -0.15) is 13.2 Å². The van der Waals surface area contributed by atoms with Crippen LogP contribution in [0.1, 0.15) is 53.2 Å². The molecule has 2 N–H and O–H groups in total. The van der Waals surface area contributed by atoms with Crippen LogP contribution in [-0.4, -0.2) is 22.8 Å². The quantitative estimate of drug-likeness (QED) is 0.505. The van der Waals surface area contributed by atoms with Crippen molar-refractivity contribution in [3.8, 4) is 0 Å². The van der Waals surface area contributed by atoms with Crippen LogP contribution in [0.25, 0.3) is 0 Å². The molecule has 1 atom stereocenters. The van der Waals surface area contributed by atoms with E-state index in [1.54, 1.807) is 0 Å². The molecule has 0 aromatic heterocycles. The average Bonchev–Trinajstić information content (AvgIpc) is 2.70. The van der Waals surface area contributed by atoms with Crippen LogP contribution in [0.2, 0.25) is 10.0 Å². The average molecular weight is 482 g/mol. The topological polar surface area (TPSA) is 49.3 Å². The van der Waals surface area contributed by atoms with Crippen LogP contribution in [0.15, 0.2) is 36.4 Å². The van der Waals surface area contributed by atoms with E-state index in [9.17, 15) is 31.9 Å². The van der Waals surface area contributed by atoms with E-state index in [2.05, 4.69) is 5.32 Å². The minimum absolute atomic E-state index is 0.0320. The van der Waals surface area contributed by atoms with E-state index in [1.165, 1.54) is 12.1 Å². The number of hydrogen-bond donors (Lipinski definition) is 2. The van der Waals surface area contributed by atoms with Gasteiger partial charge in [0.1, 0.15) is 12.0 Å². The van der Waals surface area contributed by atoms with Crippen molar-refractivity contribution in [2.45, 2.75) is 49.7 Å². The molecule has 1 aliphatic rings. The summed E-state index contributed by atoms with van der Waals surface area (Å²) in [5.74, 6) is -2.06. The van der Waals surface area contributed by atoms with Gasteiger partial charge in [-0.3, -0.25) is 4.79 Å². The Balaban J connectivity index is 2.06. The predicted octanol–water partition coefficient (Wildman–Crippen LogP) is 6.27. The fourth-order valence-corrected chi connectivity index (χ4v) is 4.31. The summed E-state index contributed by atoms with van der Waals surface area (Å²) in [5, 5.41) is 12.7. The molecule has 1 saturated carbocycles. The fourth-order valence-electron chi connectivity index (χ4n) is 3.81. The Hall–Kier alpha value is -1.90. The molecule has 3 nitrogen and oxygen atoms in total. The lowest BCUT2D eigenvalue weighted by atomic mass is 9.76. The zero-order chi connectivity index (χ0) is 23.0. The number of carbonyl (C=O) groups is 1. The first-order chi connectivity index (χ1) is 14.4. The van der Waals surface area contributed by atoms with Crippen LogP contribution in [0, 0.1) is 5.82 Å². The summed E-state index contributed by atoms with van der Waals surface area (Å²) in [7, 11) is 0. The van der Waals surface area contributed by atoms with Crippen molar-refractivity contribution in [3.63, 3.8) is 0 Å². The van der Waals surface area contributed by atoms with E-state index in [-0.39, 0.29) is 31.2 Å². The second-order valence-corrected chi connectivity index (χ2v) is 8.27. The van der Waals surface area contributed by atoms with Crippen LogP contribution in [0.3, 0.4) is 0 Å². The first kappa shape index (κ1) is 23.8. The number of rotatable bonds is 4. The van der Waals surface area contributed by atoms with Crippen LogP contribution in [-0.2, 0) is 6.18 Å². The number of hydrogen-bond acceptors (Lipinski definition) is 2. The third-order valence-corrected chi connectivity index (χ3v) is 6.15. The first-order valence-corrected chi connectivity index (χ1v) is 10.2. The van der Waals surface area contributed by atoms with E-state index >= 15 is 0 Å². The molecule has 3 rings (SSSR count). The maximum Gasteiger partial charge on any atom is 0.417 e.